The fourth-order valence-corrected chi connectivity index (χ4v) is 2.20. The molecule has 0 spiro atoms. The number of carbonyl (C=O) groups is 2. The third-order valence-electron chi connectivity index (χ3n) is 3.31. The summed E-state index contributed by atoms with van der Waals surface area (Å²) in [6, 6.07) is 1.84. The van der Waals surface area contributed by atoms with Crippen LogP contribution in [0.1, 0.15) is 22.3 Å². The van der Waals surface area contributed by atoms with Crippen LogP contribution in [-0.4, -0.2) is 47.7 Å². The van der Waals surface area contributed by atoms with Crippen molar-refractivity contribution in [3.05, 3.63) is 34.9 Å². The van der Waals surface area contributed by atoms with Gasteiger partial charge in [-0.05, 0) is 24.6 Å². The van der Waals surface area contributed by atoms with Gasteiger partial charge in [0.15, 0.2) is 0 Å². The van der Waals surface area contributed by atoms with Crippen LogP contribution in [0.15, 0.2) is 12.1 Å². The number of morpholine rings is 1. The molecule has 2 rings (SSSR count). The van der Waals surface area contributed by atoms with Crippen molar-refractivity contribution >= 4 is 11.9 Å². The number of carboxylic acids is 1. The minimum atomic E-state index is -1.04. The average Bonchev–Trinajstić information content (AvgIpc) is 2.41. The van der Waals surface area contributed by atoms with Gasteiger partial charge in [-0.15, -0.1) is 0 Å². The Balaban J connectivity index is 2.16. The fraction of sp³-hybridized carbons (Fsp3) is 0.429. The number of amides is 1. The predicted octanol–water partition coefficient (Wildman–Crippen LogP) is 1.59. The Hall–Kier alpha value is -2.02. The monoisotopic (exact) mass is 299 g/mol. The maximum Gasteiger partial charge on any atom is 0.306 e. The number of carboxylic acid groups (broad SMARTS) is 1. The third-order valence-corrected chi connectivity index (χ3v) is 3.31. The molecule has 1 atom stereocenters. The van der Waals surface area contributed by atoms with Crippen LogP contribution in [0.3, 0.4) is 0 Å². The summed E-state index contributed by atoms with van der Waals surface area (Å²) in [4.78, 5) is 24.2. The van der Waals surface area contributed by atoms with Crippen LogP contribution in [-0.2, 0) is 9.53 Å². The SMILES string of the molecule is Cc1cc(F)c(C(=O)N2CCO[C@@H](CC(=O)O)C2)cc1F. The maximum atomic E-state index is 13.8. The third kappa shape index (κ3) is 3.55. The number of nitrogens with zero attached hydrogens (tertiary/aromatic N) is 1. The molecule has 1 fully saturated rings. The van der Waals surface area contributed by atoms with Gasteiger partial charge in [-0.25, -0.2) is 8.78 Å². The number of benzene rings is 1. The van der Waals surface area contributed by atoms with E-state index in [9.17, 15) is 18.4 Å². The summed E-state index contributed by atoms with van der Waals surface area (Å²) >= 11 is 0. The second-order valence-corrected chi connectivity index (χ2v) is 4.92. The van der Waals surface area contributed by atoms with Crippen molar-refractivity contribution in [2.45, 2.75) is 19.4 Å². The van der Waals surface area contributed by atoms with Crippen molar-refractivity contribution in [1.29, 1.82) is 0 Å². The van der Waals surface area contributed by atoms with Crippen molar-refractivity contribution in [2.24, 2.45) is 0 Å². The zero-order chi connectivity index (χ0) is 15.6. The highest BCUT2D eigenvalue weighted by Crippen LogP contribution is 2.18. The van der Waals surface area contributed by atoms with Crippen molar-refractivity contribution in [1.82, 2.24) is 4.90 Å². The van der Waals surface area contributed by atoms with Gasteiger partial charge in [0.25, 0.3) is 5.91 Å². The van der Waals surface area contributed by atoms with Crippen LogP contribution in [0.25, 0.3) is 0 Å². The number of carbonyl (C=O) groups excluding carboxylic acids is 1. The molecule has 1 aromatic carbocycles. The highest BCUT2D eigenvalue weighted by molar-refractivity contribution is 5.94. The van der Waals surface area contributed by atoms with Gasteiger partial charge in [0.05, 0.1) is 24.7 Å². The molecule has 0 aliphatic carbocycles. The molecule has 1 saturated heterocycles. The highest BCUT2D eigenvalue weighted by atomic mass is 19.1. The lowest BCUT2D eigenvalue weighted by molar-refractivity contribution is -0.141. The maximum absolute atomic E-state index is 13.8. The molecule has 1 N–H and O–H groups in total. The number of rotatable bonds is 3. The number of hydrogen-bond donors (Lipinski definition) is 1. The van der Waals surface area contributed by atoms with E-state index >= 15 is 0 Å². The normalized spacial score (nSPS) is 18.6. The van der Waals surface area contributed by atoms with Gasteiger partial charge in [0.2, 0.25) is 0 Å². The molecule has 0 radical (unpaired) electrons. The smallest absolute Gasteiger partial charge is 0.306 e. The first-order valence-electron chi connectivity index (χ1n) is 6.47. The quantitative estimate of drug-likeness (QED) is 0.920. The Morgan fingerprint density at radius 2 is 2.10 bits per heavy atom. The minimum Gasteiger partial charge on any atom is -0.481 e. The first-order chi connectivity index (χ1) is 9.88. The van der Waals surface area contributed by atoms with Crippen molar-refractivity contribution < 1.29 is 28.2 Å². The van der Waals surface area contributed by atoms with Crippen LogP contribution in [0, 0.1) is 18.6 Å². The predicted molar refractivity (Wildman–Crippen MR) is 69.0 cm³/mol. The Morgan fingerprint density at radius 3 is 2.76 bits per heavy atom. The van der Waals surface area contributed by atoms with Gasteiger partial charge in [-0.2, -0.15) is 0 Å². The first-order valence-corrected chi connectivity index (χ1v) is 6.47. The molecule has 1 heterocycles. The number of ether oxygens (including phenoxy) is 1. The van der Waals surface area contributed by atoms with Gasteiger partial charge in [-0.1, -0.05) is 0 Å². The second kappa shape index (κ2) is 6.17. The molecule has 21 heavy (non-hydrogen) atoms. The van der Waals surface area contributed by atoms with E-state index in [0.29, 0.717) is 0 Å². The van der Waals surface area contributed by atoms with E-state index in [1.165, 1.54) is 11.8 Å². The number of aryl methyl sites for hydroxylation is 1. The molecule has 7 heteroatoms. The summed E-state index contributed by atoms with van der Waals surface area (Å²) in [5.74, 6) is -3.15. The summed E-state index contributed by atoms with van der Waals surface area (Å²) in [5, 5.41) is 8.73. The topological polar surface area (TPSA) is 66.8 Å². The number of aliphatic carboxylic acids is 1. The van der Waals surface area contributed by atoms with E-state index in [1.807, 2.05) is 0 Å². The molecule has 1 aliphatic heterocycles. The number of halogens is 2. The Kier molecular flexibility index (Phi) is 4.52. The molecule has 1 aliphatic rings. The molecule has 0 unspecified atom stereocenters. The largest absolute Gasteiger partial charge is 0.481 e. The van der Waals surface area contributed by atoms with Gasteiger partial charge in [-0.3, -0.25) is 9.59 Å². The molecule has 5 nitrogen and oxygen atoms in total. The summed E-state index contributed by atoms with van der Waals surface area (Å²) < 4.78 is 32.5. The summed E-state index contributed by atoms with van der Waals surface area (Å²) in [5.41, 5.74) is -0.233. The number of hydrogen-bond acceptors (Lipinski definition) is 3. The van der Waals surface area contributed by atoms with Crippen molar-refractivity contribution in [2.75, 3.05) is 19.7 Å². The minimum absolute atomic E-state index is 0.0417. The first kappa shape index (κ1) is 15.4. The van der Waals surface area contributed by atoms with E-state index < -0.39 is 29.6 Å². The van der Waals surface area contributed by atoms with Crippen LogP contribution >= 0.6 is 0 Å². The van der Waals surface area contributed by atoms with Gasteiger partial charge >= 0.3 is 5.97 Å². The van der Waals surface area contributed by atoms with E-state index in [2.05, 4.69) is 0 Å². The molecule has 1 amide bonds. The summed E-state index contributed by atoms with van der Waals surface area (Å²) in [6.07, 6.45) is -0.882. The lowest BCUT2D eigenvalue weighted by Crippen LogP contribution is -2.46. The standard InChI is InChI=1S/C14H15F2NO4/c1-8-4-12(16)10(6-11(8)15)14(20)17-2-3-21-9(7-17)5-13(18)19/h4,6,9H,2-3,5,7H2,1H3,(H,18,19)/t9-/m0/s1. The van der Waals surface area contributed by atoms with E-state index in [-0.39, 0.29) is 37.2 Å². The summed E-state index contributed by atoms with van der Waals surface area (Å²) in [6.45, 7) is 1.83. The van der Waals surface area contributed by atoms with E-state index in [4.69, 9.17) is 9.84 Å². The lowest BCUT2D eigenvalue weighted by Gasteiger charge is -2.32. The Labute approximate surface area is 120 Å². The summed E-state index contributed by atoms with van der Waals surface area (Å²) in [7, 11) is 0. The zero-order valence-electron chi connectivity index (χ0n) is 11.4. The molecule has 0 aromatic heterocycles. The van der Waals surface area contributed by atoms with Crippen LogP contribution < -0.4 is 0 Å². The molecule has 114 valence electrons. The Bertz CT molecular complexity index is 576. The van der Waals surface area contributed by atoms with Crippen LogP contribution in [0.5, 0.6) is 0 Å². The molecular weight excluding hydrogens is 284 g/mol. The van der Waals surface area contributed by atoms with Gasteiger partial charge in [0, 0.05) is 13.1 Å². The van der Waals surface area contributed by atoms with E-state index in [1.54, 1.807) is 0 Å². The van der Waals surface area contributed by atoms with Crippen LogP contribution in [0.2, 0.25) is 0 Å². The fourth-order valence-electron chi connectivity index (χ4n) is 2.20. The second-order valence-electron chi connectivity index (χ2n) is 4.92. The van der Waals surface area contributed by atoms with Crippen molar-refractivity contribution in [3.63, 3.8) is 0 Å². The highest BCUT2D eigenvalue weighted by Gasteiger charge is 2.28. The van der Waals surface area contributed by atoms with Crippen molar-refractivity contribution in [3.8, 4) is 0 Å². The molecule has 0 bridgehead atoms. The molecule has 0 saturated carbocycles. The zero-order valence-corrected chi connectivity index (χ0v) is 11.4. The van der Waals surface area contributed by atoms with Crippen LogP contribution in [0.4, 0.5) is 8.78 Å². The molecular formula is C14H15F2NO4. The van der Waals surface area contributed by atoms with Gasteiger partial charge in [0.1, 0.15) is 11.6 Å². The Morgan fingerprint density at radius 1 is 1.38 bits per heavy atom. The molecule has 1 aromatic rings. The van der Waals surface area contributed by atoms with Gasteiger partial charge < -0.3 is 14.7 Å². The lowest BCUT2D eigenvalue weighted by atomic mass is 10.1. The average molecular weight is 299 g/mol. The van der Waals surface area contributed by atoms with E-state index in [0.717, 1.165) is 12.1 Å².